The van der Waals surface area contributed by atoms with Crippen LogP contribution in [0.2, 0.25) is 0 Å². The molecule has 15 rings (SSSR count). The molecule has 0 spiro atoms. The topological polar surface area (TPSA) is 9.86 Å². The molecular weight excluding hydrogens is 965 g/mol. The van der Waals surface area contributed by atoms with Crippen LogP contribution in [0.3, 0.4) is 0 Å². The van der Waals surface area contributed by atoms with E-state index in [0.29, 0.717) is 0 Å². The molecule has 0 radical (unpaired) electrons. The van der Waals surface area contributed by atoms with E-state index in [1.165, 1.54) is 133 Å². The Bertz CT molecular complexity index is 4770. The molecule has 2 heterocycles. The van der Waals surface area contributed by atoms with Gasteiger partial charge >= 0.3 is 0 Å². The highest BCUT2D eigenvalue weighted by Gasteiger charge is 2.17. The Balaban J connectivity index is 0.696. The van der Waals surface area contributed by atoms with Gasteiger partial charge in [-0.1, -0.05) is 237 Å². The van der Waals surface area contributed by atoms with Crippen LogP contribution in [0.4, 0.5) is 0 Å². The minimum absolute atomic E-state index is 1.14. The van der Waals surface area contributed by atoms with Crippen molar-refractivity contribution in [3.8, 4) is 100 Å². The van der Waals surface area contributed by atoms with Crippen LogP contribution in [0, 0.1) is 0 Å². The van der Waals surface area contributed by atoms with Crippen LogP contribution >= 0.6 is 0 Å². The van der Waals surface area contributed by atoms with Crippen LogP contribution in [0.1, 0.15) is 0 Å². The summed E-state index contributed by atoms with van der Waals surface area (Å²) in [6.45, 7) is 0. The summed E-state index contributed by atoms with van der Waals surface area (Å²) in [5, 5.41) is 4.96. The average molecular weight is 1020 g/mol. The normalized spacial score (nSPS) is 11.5. The highest BCUT2D eigenvalue weighted by Crippen LogP contribution is 2.40. The molecule has 2 nitrogen and oxygen atoms in total. The molecule has 0 unspecified atom stereocenters. The first-order valence-electron chi connectivity index (χ1n) is 27.5. The van der Waals surface area contributed by atoms with Gasteiger partial charge in [-0.3, -0.25) is 0 Å². The zero-order valence-electron chi connectivity index (χ0n) is 43.9. The highest BCUT2D eigenvalue weighted by molar-refractivity contribution is 6.13. The van der Waals surface area contributed by atoms with E-state index < -0.39 is 0 Å². The number of hydrogen-bond acceptors (Lipinski definition) is 0. The summed E-state index contributed by atoms with van der Waals surface area (Å²) >= 11 is 0. The lowest BCUT2D eigenvalue weighted by molar-refractivity contribution is 1.18. The minimum Gasteiger partial charge on any atom is -0.309 e. The quantitative estimate of drug-likeness (QED) is 0.129. The van der Waals surface area contributed by atoms with Gasteiger partial charge in [0.05, 0.1) is 22.1 Å². The number of para-hydroxylation sites is 2. The van der Waals surface area contributed by atoms with Gasteiger partial charge in [-0.05, 0) is 168 Å². The van der Waals surface area contributed by atoms with E-state index in [2.05, 4.69) is 325 Å². The second-order valence-corrected chi connectivity index (χ2v) is 20.9. The van der Waals surface area contributed by atoms with Crippen molar-refractivity contribution in [2.45, 2.75) is 0 Å². The summed E-state index contributed by atoms with van der Waals surface area (Å²) < 4.78 is 4.82. The fourth-order valence-electron chi connectivity index (χ4n) is 12.1. The Morgan fingerprint density at radius 3 is 0.838 bits per heavy atom. The van der Waals surface area contributed by atoms with Gasteiger partial charge in [-0.25, -0.2) is 0 Å². The van der Waals surface area contributed by atoms with E-state index in [9.17, 15) is 0 Å². The first-order valence-corrected chi connectivity index (χ1v) is 27.5. The van der Waals surface area contributed by atoms with Crippen LogP contribution in [-0.2, 0) is 0 Å². The number of benzene rings is 13. The Hall–Kier alpha value is -10.5. The zero-order valence-corrected chi connectivity index (χ0v) is 43.9. The molecule has 0 fully saturated rings. The van der Waals surface area contributed by atoms with Crippen molar-refractivity contribution < 1.29 is 0 Å². The number of rotatable bonds is 10. The van der Waals surface area contributed by atoms with E-state index in [4.69, 9.17) is 0 Å². The maximum absolute atomic E-state index is 2.42. The molecule has 0 saturated carbocycles. The molecule has 0 N–H and O–H groups in total. The van der Waals surface area contributed by atoms with Crippen LogP contribution in [-0.4, -0.2) is 9.13 Å². The largest absolute Gasteiger partial charge is 0.309 e. The molecule has 2 aromatic heterocycles. The Labute approximate surface area is 466 Å². The van der Waals surface area contributed by atoms with Gasteiger partial charge in [-0.2, -0.15) is 0 Å². The maximum Gasteiger partial charge on any atom is 0.0541 e. The van der Waals surface area contributed by atoms with E-state index in [-0.39, 0.29) is 0 Å². The second kappa shape index (κ2) is 19.8. The van der Waals surface area contributed by atoms with Crippen LogP contribution in [0.5, 0.6) is 0 Å². The van der Waals surface area contributed by atoms with Crippen molar-refractivity contribution in [1.82, 2.24) is 9.13 Å². The third-order valence-electron chi connectivity index (χ3n) is 16.1. The van der Waals surface area contributed by atoms with Gasteiger partial charge in [0.1, 0.15) is 0 Å². The van der Waals surface area contributed by atoms with Crippen LogP contribution in [0.15, 0.2) is 315 Å². The molecule has 0 aliphatic heterocycles. The fraction of sp³-hybridized carbons (Fsp3) is 0. The minimum atomic E-state index is 1.14. The Kier molecular flexibility index (Phi) is 11.6. The van der Waals surface area contributed by atoms with Gasteiger partial charge in [0, 0.05) is 32.9 Å². The van der Waals surface area contributed by atoms with E-state index >= 15 is 0 Å². The molecule has 80 heavy (non-hydrogen) atoms. The average Bonchev–Trinajstić information content (AvgIpc) is 4.10. The van der Waals surface area contributed by atoms with Crippen molar-refractivity contribution in [3.05, 3.63) is 315 Å². The monoisotopic (exact) mass is 1020 g/mol. The predicted octanol–water partition coefficient (Wildman–Crippen LogP) is 21.2. The lowest BCUT2D eigenvalue weighted by Crippen LogP contribution is -1.94. The van der Waals surface area contributed by atoms with Gasteiger partial charge < -0.3 is 9.13 Å². The summed E-state index contributed by atoms with van der Waals surface area (Å²) in [6.07, 6.45) is 0. The summed E-state index contributed by atoms with van der Waals surface area (Å²) in [6, 6.07) is 115. The van der Waals surface area contributed by atoms with Crippen LogP contribution < -0.4 is 0 Å². The van der Waals surface area contributed by atoms with Gasteiger partial charge in [0.2, 0.25) is 0 Å². The molecule has 0 aliphatic rings. The third-order valence-corrected chi connectivity index (χ3v) is 16.1. The molecule has 13 aromatic carbocycles. The zero-order chi connectivity index (χ0) is 52.9. The standard InChI is InChI=1S/C78H52N2/c1-3-15-53(16-4-1)55-39-43-69(44-40-55)79-75-29-9-7-27-71(75)73-51-67(41-45-77(73)79)68-42-46-78-74(52-68)72-28-8-10-30-76(72)80(78)70-26-14-25-66(50-70)59-37-35-58(36-38-59)63-22-13-24-65(49-63)64-23-12-21-62(48-64)57-33-31-56(32-34-57)61-20-11-19-60(47-61)54-17-5-2-6-18-54/h1-52H. The Morgan fingerprint density at radius 2 is 0.400 bits per heavy atom. The molecular formula is C78H52N2. The van der Waals surface area contributed by atoms with E-state index in [0.717, 1.165) is 11.4 Å². The van der Waals surface area contributed by atoms with Gasteiger partial charge in [-0.15, -0.1) is 0 Å². The molecule has 0 atom stereocenters. The van der Waals surface area contributed by atoms with Gasteiger partial charge in [0.25, 0.3) is 0 Å². The van der Waals surface area contributed by atoms with Crippen LogP contribution in [0.25, 0.3) is 144 Å². The molecule has 0 amide bonds. The highest BCUT2D eigenvalue weighted by atomic mass is 15.0. The Morgan fingerprint density at radius 1 is 0.138 bits per heavy atom. The number of nitrogens with zero attached hydrogens (tertiary/aromatic N) is 2. The maximum atomic E-state index is 2.42. The number of hydrogen-bond donors (Lipinski definition) is 0. The van der Waals surface area contributed by atoms with Gasteiger partial charge in [0.15, 0.2) is 0 Å². The smallest absolute Gasteiger partial charge is 0.0541 e. The summed E-state index contributed by atoms with van der Waals surface area (Å²) in [5.74, 6) is 0. The lowest BCUT2D eigenvalue weighted by atomic mass is 9.94. The molecule has 15 aromatic rings. The second-order valence-electron chi connectivity index (χ2n) is 20.9. The van der Waals surface area contributed by atoms with E-state index in [1.807, 2.05) is 0 Å². The molecule has 374 valence electrons. The van der Waals surface area contributed by atoms with Crippen molar-refractivity contribution in [3.63, 3.8) is 0 Å². The first kappa shape index (κ1) is 46.7. The predicted molar refractivity (Wildman–Crippen MR) is 339 cm³/mol. The van der Waals surface area contributed by atoms with E-state index in [1.54, 1.807) is 0 Å². The van der Waals surface area contributed by atoms with Crippen molar-refractivity contribution in [2.75, 3.05) is 0 Å². The summed E-state index contributed by atoms with van der Waals surface area (Å²) in [5.41, 5.74) is 26.3. The first-order chi connectivity index (χ1) is 39.6. The SMILES string of the molecule is c1ccc(-c2ccc(-n3c4ccccc4c4cc(-c5ccc6c(c5)c5ccccc5n6-c5cccc(-c6ccc(-c7cccc(-c8cccc(-c9ccc(-c%10cccc(-c%11ccccc%11)c%10)cc9)c8)c7)cc6)c5)ccc43)cc2)cc1. The molecule has 0 aliphatic carbocycles. The van der Waals surface area contributed by atoms with Crippen molar-refractivity contribution in [2.24, 2.45) is 0 Å². The fourth-order valence-corrected chi connectivity index (χ4v) is 12.1. The van der Waals surface area contributed by atoms with Crippen molar-refractivity contribution in [1.29, 1.82) is 0 Å². The molecule has 2 heteroatoms. The summed E-state index contributed by atoms with van der Waals surface area (Å²) in [4.78, 5) is 0. The number of fused-ring (bicyclic) bond motifs is 6. The summed E-state index contributed by atoms with van der Waals surface area (Å²) in [7, 11) is 0. The molecule has 0 saturated heterocycles. The van der Waals surface area contributed by atoms with Crippen molar-refractivity contribution >= 4 is 43.6 Å². The third kappa shape index (κ3) is 8.48. The lowest BCUT2D eigenvalue weighted by Gasteiger charge is -2.12. The number of aromatic nitrogens is 2. The molecule has 0 bridgehead atoms.